The lowest BCUT2D eigenvalue weighted by Crippen LogP contribution is -2.36. The Balaban J connectivity index is 1.57. The van der Waals surface area contributed by atoms with E-state index in [9.17, 15) is 4.79 Å². The average molecular weight is 321 g/mol. The number of morpholine rings is 1. The van der Waals surface area contributed by atoms with Crippen LogP contribution in [0.5, 0.6) is 0 Å². The number of nitrogens with zero attached hydrogens (tertiary/aromatic N) is 3. The van der Waals surface area contributed by atoms with E-state index in [4.69, 9.17) is 16.3 Å². The van der Waals surface area contributed by atoms with Gasteiger partial charge in [-0.25, -0.2) is 0 Å². The van der Waals surface area contributed by atoms with Gasteiger partial charge in [0.2, 0.25) is 5.91 Å². The minimum absolute atomic E-state index is 0.137. The minimum atomic E-state index is -0.140. The van der Waals surface area contributed by atoms with Crippen LogP contribution in [0.1, 0.15) is 0 Å². The number of ether oxygens (including phenoxy) is 1. The third-order valence-corrected chi connectivity index (χ3v) is 3.63. The number of benzene rings is 1. The summed E-state index contributed by atoms with van der Waals surface area (Å²) in [5.41, 5.74) is 1.90. The van der Waals surface area contributed by atoms with Crippen molar-refractivity contribution in [2.75, 3.05) is 36.5 Å². The quantitative estimate of drug-likeness (QED) is 0.936. The normalized spacial score (nSPS) is 14.9. The summed E-state index contributed by atoms with van der Waals surface area (Å²) in [6.07, 6.45) is 3.12. The zero-order valence-corrected chi connectivity index (χ0v) is 12.8. The molecule has 0 unspecified atom stereocenters. The van der Waals surface area contributed by atoms with Crippen molar-refractivity contribution in [3.8, 4) is 0 Å². The number of hydrogen-bond donors (Lipinski definition) is 1. The van der Waals surface area contributed by atoms with E-state index in [0.717, 1.165) is 37.7 Å². The number of amides is 1. The van der Waals surface area contributed by atoms with E-state index < -0.39 is 0 Å². The van der Waals surface area contributed by atoms with Gasteiger partial charge in [-0.1, -0.05) is 11.6 Å². The SMILES string of the molecule is O=C(Cn1cc(Cl)cn1)Nc1ccc(N2CCOCC2)cc1. The fraction of sp³-hybridized carbons (Fsp3) is 0.333. The molecular weight excluding hydrogens is 304 g/mol. The lowest BCUT2D eigenvalue weighted by molar-refractivity contribution is -0.116. The van der Waals surface area contributed by atoms with Crippen LogP contribution in [-0.4, -0.2) is 42.0 Å². The smallest absolute Gasteiger partial charge is 0.246 e. The van der Waals surface area contributed by atoms with E-state index in [1.54, 1.807) is 6.20 Å². The maximum absolute atomic E-state index is 11.9. The maximum Gasteiger partial charge on any atom is 0.246 e. The number of hydrogen-bond acceptors (Lipinski definition) is 4. The van der Waals surface area contributed by atoms with Crippen LogP contribution in [0.15, 0.2) is 36.7 Å². The van der Waals surface area contributed by atoms with Crippen LogP contribution >= 0.6 is 11.6 Å². The number of carbonyl (C=O) groups excluding carboxylic acids is 1. The standard InChI is InChI=1S/C15H17ClN4O2/c16-12-9-17-20(10-12)11-15(21)18-13-1-3-14(4-2-13)19-5-7-22-8-6-19/h1-4,9-10H,5-8,11H2,(H,18,21). The summed E-state index contributed by atoms with van der Waals surface area (Å²) in [4.78, 5) is 14.2. The molecule has 0 atom stereocenters. The van der Waals surface area contributed by atoms with Gasteiger partial charge in [0.25, 0.3) is 0 Å². The predicted octanol–water partition coefficient (Wildman–Crippen LogP) is 2.01. The fourth-order valence-corrected chi connectivity index (χ4v) is 2.51. The van der Waals surface area contributed by atoms with E-state index in [0.29, 0.717) is 5.02 Å². The van der Waals surface area contributed by atoms with Crippen molar-refractivity contribution in [2.24, 2.45) is 0 Å². The Morgan fingerprint density at radius 3 is 2.64 bits per heavy atom. The summed E-state index contributed by atoms with van der Waals surface area (Å²) in [5, 5.41) is 7.34. The van der Waals surface area contributed by atoms with Crippen molar-refractivity contribution in [3.63, 3.8) is 0 Å². The zero-order valence-electron chi connectivity index (χ0n) is 12.0. The highest BCUT2D eigenvalue weighted by molar-refractivity contribution is 6.30. The highest BCUT2D eigenvalue weighted by Crippen LogP contribution is 2.19. The van der Waals surface area contributed by atoms with E-state index in [1.165, 1.54) is 10.9 Å². The van der Waals surface area contributed by atoms with E-state index in [-0.39, 0.29) is 12.5 Å². The van der Waals surface area contributed by atoms with Gasteiger partial charge < -0.3 is 15.0 Å². The zero-order chi connectivity index (χ0) is 15.4. The van der Waals surface area contributed by atoms with Gasteiger partial charge in [-0.15, -0.1) is 0 Å². The topological polar surface area (TPSA) is 59.4 Å². The molecule has 3 rings (SSSR count). The van der Waals surface area contributed by atoms with Gasteiger partial charge in [0.1, 0.15) is 6.54 Å². The summed E-state index contributed by atoms with van der Waals surface area (Å²) in [6, 6.07) is 7.81. The summed E-state index contributed by atoms with van der Waals surface area (Å²) >= 11 is 5.77. The van der Waals surface area contributed by atoms with E-state index in [2.05, 4.69) is 15.3 Å². The Kier molecular flexibility index (Phi) is 4.60. The van der Waals surface area contributed by atoms with Crippen molar-refractivity contribution < 1.29 is 9.53 Å². The van der Waals surface area contributed by atoms with Crippen LogP contribution in [-0.2, 0) is 16.1 Å². The molecule has 1 aromatic heterocycles. The largest absolute Gasteiger partial charge is 0.378 e. The molecule has 1 aromatic carbocycles. The monoisotopic (exact) mass is 320 g/mol. The van der Waals surface area contributed by atoms with Crippen LogP contribution in [0.4, 0.5) is 11.4 Å². The Labute approximate surface area is 133 Å². The fourth-order valence-electron chi connectivity index (χ4n) is 2.35. The molecule has 1 aliphatic heterocycles. The number of carbonyl (C=O) groups is 1. The molecule has 7 heteroatoms. The molecule has 0 saturated carbocycles. The Morgan fingerprint density at radius 2 is 2.00 bits per heavy atom. The van der Waals surface area contributed by atoms with Crippen molar-refractivity contribution in [2.45, 2.75) is 6.54 Å². The number of rotatable bonds is 4. The van der Waals surface area contributed by atoms with Gasteiger partial charge in [0.05, 0.1) is 24.4 Å². The van der Waals surface area contributed by atoms with Crippen molar-refractivity contribution in [1.82, 2.24) is 9.78 Å². The van der Waals surface area contributed by atoms with Crippen molar-refractivity contribution in [3.05, 3.63) is 41.7 Å². The summed E-state index contributed by atoms with van der Waals surface area (Å²) in [5.74, 6) is -0.140. The molecule has 116 valence electrons. The number of aromatic nitrogens is 2. The van der Waals surface area contributed by atoms with Crippen LogP contribution in [0.25, 0.3) is 0 Å². The molecule has 1 fully saturated rings. The van der Waals surface area contributed by atoms with Crippen molar-refractivity contribution in [1.29, 1.82) is 0 Å². The molecule has 1 aliphatic rings. The second-order valence-electron chi connectivity index (χ2n) is 5.05. The molecule has 6 nitrogen and oxygen atoms in total. The molecule has 2 heterocycles. The molecule has 1 amide bonds. The highest BCUT2D eigenvalue weighted by Gasteiger charge is 2.11. The molecular formula is C15H17ClN4O2. The van der Waals surface area contributed by atoms with E-state index >= 15 is 0 Å². The van der Waals surface area contributed by atoms with Gasteiger partial charge >= 0.3 is 0 Å². The van der Waals surface area contributed by atoms with Crippen LogP contribution < -0.4 is 10.2 Å². The van der Waals surface area contributed by atoms with E-state index in [1.807, 2.05) is 24.3 Å². The average Bonchev–Trinajstić information content (AvgIpc) is 2.94. The summed E-state index contributed by atoms with van der Waals surface area (Å²) in [7, 11) is 0. The Morgan fingerprint density at radius 1 is 1.27 bits per heavy atom. The molecule has 0 bridgehead atoms. The molecule has 0 spiro atoms. The lowest BCUT2D eigenvalue weighted by Gasteiger charge is -2.28. The number of anilines is 2. The number of halogens is 1. The van der Waals surface area contributed by atoms with Gasteiger partial charge in [-0.3, -0.25) is 9.48 Å². The molecule has 0 aliphatic carbocycles. The first kappa shape index (κ1) is 14.9. The summed E-state index contributed by atoms with van der Waals surface area (Å²) in [6.45, 7) is 3.44. The first-order valence-corrected chi connectivity index (χ1v) is 7.49. The maximum atomic E-state index is 11.9. The van der Waals surface area contributed by atoms with Gasteiger partial charge in [-0.05, 0) is 24.3 Å². The second kappa shape index (κ2) is 6.81. The van der Waals surface area contributed by atoms with Gasteiger partial charge in [0.15, 0.2) is 0 Å². The van der Waals surface area contributed by atoms with Crippen molar-refractivity contribution >= 4 is 28.9 Å². The molecule has 2 aromatic rings. The van der Waals surface area contributed by atoms with Crippen LogP contribution in [0.2, 0.25) is 5.02 Å². The van der Waals surface area contributed by atoms with Gasteiger partial charge in [-0.2, -0.15) is 5.10 Å². The molecule has 1 N–H and O–H groups in total. The number of nitrogens with one attached hydrogen (secondary N) is 1. The first-order chi connectivity index (χ1) is 10.7. The molecule has 22 heavy (non-hydrogen) atoms. The third-order valence-electron chi connectivity index (χ3n) is 3.43. The molecule has 0 radical (unpaired) electrons. The third kappa shape index (κ3) is 3.78. The van der Waals surface area contributed by atoms with Crippen LogP contribution in [0.3, 0.4) is 0 Å². The predicted molar refractivity (Wildman–Crippen MR) is 85.3 cm³/mol. The summed E-state index contributed by atoms with van der Waals surface area (Å²) < 4.78 is 6.84. The van der Waals surface area contributed by atoms with Crippen LogP contribution in [0, 0.1) is 0 Å². The Bertz CT molecular complexity index is 635. The first-order valence-electron chi connectivity index (χ1n) is 7.11. The molecule has 1 saturated heterocycles. The Hall–Kier alpha value is -2.05. The minimum Gasteiger partial charge on any atom is -0.378 e. The highest BCUT2D eigenvalue weighted by atomic mass is 35.5. The van der Waals surface area contributed by atoms with Gasteiger partial charge in [0, 0.05) is 30.7 Å². The second-order valence-corrected chi connectivity index (χ2v) is 5.49. The lowest BCUT2D eigenvalue weighted by atomic mass is 10.2.